The summed E-state index contributed by atoms with van der Waals surface area (Å²) in [5.74, 6) is 0.492. The van der Waals surface area contributed by atoms with Crippen molar-refractivity contribution >= 4 is 5.69 Å². The van der Waals surface area contributed by atoms with Gasteiger partial charge < -0.3 is 10.4 Å². The van der Waals surface area contributed by atoms with Crippen LogP contribution in [0.5, 0.6) is 0 Å². The minimum absolute atomic E-state index is 0.184. The van der Waals surface area contributed by atoms with Crippen LogP contribution >= 0.6 is 0 Å². The summed E-state index contributed by atoms with van der Waals surface area (Å²) in [5, 5.41) is 14.5. The Balaban J connectivity index is 1.98. The molecule has 2 unspecified atom stereocenters. The third-order valence-electron chi connectivity index (χ3n) is 5.66. The Morgan fingerprint density at radius 1 is 1.17 bits per heavy atom. The van der Waals surface area contributed by atoms with E-state index in [0.29, 0.717) is 18.0 Å². The first-order valence-electron chi connectivity index (χ1n) is 8.88. The molecule has 2 aliphatic rings. The number of nitrogens with one attached hydrogen (secondary N) is 1. The van der Waals surface area contributed by atoms with Gasteiger partial charge in [0.05, 0.1) is 5.60 Å². The highest BCUT2D eigenvalue weighted by Gasteiger charge is 2.49. The second-order valence-corrected chi connectivity index (χ2v) is 9.27. The average Bonchev–Trinajstić information content (AvgIpc) is 2.78. The lowest BCUT2D eigenvalue weighted by molar-refractivity contribution is -0.0594. The molecule has 128 valence electrons. The van der Waals surface area contributed by atoms with Crippen LogP contribution in [0.1, 0.15) is 58.9 Å². The Labute approximate surface area is 141 Å². The summed E-state index contributed by atoms with van der Waals surface area (Å²) >= 11 is 0. The molecule has 0 spiro atoms. The van der Waals surface area contributed by atoms with Gasteiger partial charge in [-0.05, 0) is 50.8 Å². The molecule has 3 rings (SSSR count). The van der Waals surface area contributed by atoms with Crippen molar-refractivity contribution in [2.45, 2.75) is 77.1 Å². The number of piperidine rings is 1. The van der Waals surface area contributed by atoms with E-state index >= 15 is 0 Å². The normalized spacial score (nSPS) is 31.4. The van der Waals surface area contributed by atoms with Crippen molar-refractivity contribution < 1.29 is 5.11 Å². The molecule has 2 N–H and O–H groups in total. The largest absolute Gasteiger partial charge is 0.389 e. The van der Waals surface area contributed by atoms with E-state index in [1.54, 1.807) is 0 Å². The van der Waals surface area contributed by atoms with Crippen molar-refractivity contribution in [3.05, 3.63) is 29.8 Å². The summed E-state index contributed by atoms with van der Waals surface area (Å²) in [4.78, 5) is 2.44. The molecule has 2 heterocycles. The zero-order valence-corrected chi connectivity index (χ0v) is 15.4. The number of rotatable bonds is 2. The second-order valence-electron chi connectivity index (χ2n) is 9.27. The molecule has 23 heavy (non-hydrogen) atoms. The quantitative estimate of drug-likeness (QED) is 0.870. The first kappa shape index (κ1) is 16.8. The molecule has 1 aromatic rings. The van der Waals surface area contributed by atoms with Gasteiger partial charge in [0, 0.05) is 29.7 Å². The van der Waals surface area contributed by atoms with Gasteiger partial charge in [-0.25, -0.2) is 0 Å². The SMILES string of the molecule is CN1[C@H](C(C)(C)O)CC2c3ccccc3NC2[C@@H]1CC(C)(C)C. The lowest BCUT2D eigenvalue weighted by Crippen LogP contribution is -2.62. The number of likely N-dealkylation sites (tertiary alicyclic amines) is 1. The fraction of sp³-hybridized carbons (Fsp3) is 0.700. The summed E-state index contributed by atoms with van der Waals surface area (Å²) in [6, 6.07) is 9.75. The standard InChI is InChI=1S/C20H32N2O/c1-19(2,3)12-16-18-14(11-17(22(16)6)20(4,5)23)13-9-7-8-10-15(13)21-18/h7-10,14,16-18,21,23H,11-12H2,1-6H3/t14?,16-,17-,18?/m0/s1. The summed E-state index contributed by atoms with van der Waals surface area (Å²) in [6.07, 6.45) is 2.13. The highest BCUT2D eigenvalue weighted by molar-refractivity contribution is 5.60. The number of benzene rings is 1. The number of fused-ring (bicyclic) bond motifs is 3. The van der Waals surface area contributed by atoms with Crippen LogP contribution < -0.4 is 5.32 Å². The van der Waals surface area contributed by atoms with Crippen LogP contribution in [-0.4, -0.2) is 40.8 Å². The van der Waals surface area contributed by atoms with E-state index in [4.69, 9.17) is 0 Å². The number of nitrogens with zero attached hydrogens (tertiary/aromatic N) is 1. The van der Waals surface area contributed by atoms with E-state index in [1.165, 1.54) is 11.3 Å². The molecule has 1 saturated heterocycles. The third-order valence-corrected chi connectivity index (χ3v) is 5.66. The van der Waals surface area contributed by atoms with Crippen molar-refractivity contribution in [3.8, 4) is 0 Å². The lowest BCUT2D eigenvalue weighted by Gasteiger charge is -2.51. The Morgan fingerprint density at radius 3 is 2.43 bits per heavy atom. The highest BCUT2D eigenvalue weighted by atomic mass is 16.3. The van der Waals surface area contributed by atoms with Crippen LogP contribution in [0.4, 0.5) is 5.69 Å². The Kier molecular flexibility index (Phi) is 4.01. The van der Waals surface area contributed by atoms with E-state index in [2.05, 4.69) is 62.3 Å². The van der Waals surface area contributed by atoms with Gasteiger partial charge >= 0.3 is 0 Å². The molecule has 3 nitrogen and oxygen atoms in total. The number of aliphatic hydroxyl groups is 1. The van der Waals surface area contributed by atoms with Gasteiger partial charge in [0.25, 0.3) is 0 Å². The molecule has 1 aromatic carbocycles. The summed E-state index contributed by atoms with van der Waals surface area (Å²) in [6.45, 7) is 10.8. The van der Waals surface area contributed by atoms with Gasteiger partial charge in [-0.15, -0.1) is 0 Å². The van der Waals surface area contributed by atoms with Gasteiger partial charge in [-0.1, -0.05) is 39.0 Å². The van der Waals surface area contributed by atoms with E-state index in [9.17, 15) is 5.11 Å². The number of likely N-dealkylation sites (N-methyl/N-ethyl adjacent to an activating group) is 1. The minimum atomic E-state index is -0.687. The van der Waals surface area contributed by atoms with Crippen molar-refractivity contribution in [3.63, 3.8) is 0 Å². The molecule has 0 aliphatic carbocycles. The summed E-state index contributed by atoms with van der Waals surface area (Å²) in [7, 11) is 2.19. The van der Waals surface area contributed by atoms with Gasteiger partial charge in [0.1, 0.15) is 0 Å². The first-order chi connectivity index (χ1) is 10.6. The smallest absolute Gasteiger partial charge is 0.0746 e. The molecular weight excluding hydrogens is 284 g/mol. The van der Waals surface area contributed by atoms with Gasteiger partial charge in [-0.2, -0.15) is 0 Å². The van der Waals surface area contributed by atoms with Crippen molar-refractivity contribution in [2.24, 2.45) is 5.41 Å². The van der Waals surface area contributed by atoms with E-state index in [-0.39, 0.29) is 11.5 Å². The van der Waals surface area contributed by atoms with Crippen LogP contribution in [-0.2, 0) is 0 Å². The Hall–Kier alpha value is -1.06. The molecule has 0 radical (unpaired) electrons. The highest BCUT2D eigenvalue weighted by Crippen LogP contribution is 2.48. The van der Waals surface area contributed by atoms with Gasteiger partial charge in [-0.3, -0.25) is 4.90 Å². The van der Waals surface area contributed by atoms with E-state index in [1.807, 2.05) is 13.8 Å². The predicted octanol–water partition coefficient (Wildman–Crippen LogP) is 3.84. The van der Waals surface area contributed by atoms with E-state index in [0.717, 1.165) is 12.8 Å². The fourth-order valence-electron chi connectivity index (χ4n) is 4.64. The van der Waals surface area contributed by atoms with Crippen molar-refractivity contribution in [1.29, 1.82) is 0 Å². The third kappa shape index (κ3) is 3.14. The molecule has 0 saturated carbocycles. The number of hydrogen-bond acceptors (Lipinski definition) is 3. The molecule has 0 amide bonds. The summed E-state index contributed by atoms with van der Waals surface area (Å²) < 4.78 is 0. The topological polar surface area (TPSA) is 35.5 Å². The van der Waals surface area contributed by atoms with Crippen LogP contribution in [0.15, 0.2) is 24.3 Å². The van der Waals surface area contributed by atoms with Crippen LogP contribution in [0.3, 0.4) is 0 Å². The monoisotopic (exact) mass is 316 g/mol. The maximum absolute atomic E-state index is 10.7. The molecule has 4 atom stereocenters. The predicted molar refractivity (Wildman–Crippen MR) is 96.9 cm³/mol. The van der Waals surface area contributed by atoms with Crippen LogP contribution in [0.25, 0.3) is 0 Å². The molecule has 2 aliphatic heterocycles. The molecule has 0 bridgehead atoms. The number of para-hydroxylation sites is 1. The maximum Gasteiger partial charge on any atom is 0.0746 e. The minimum Gasteiger partial charge on any atom is -0.389 e. The zero-order chi connectivity index (χ0) is 17.0. The van der Waals surface area contributed by atoms with Crippen LogP contribution in [0, 0.1) is 5.41 Å². The number of hydrogen-bond donors (Lipinski definition) is 2. The van der Waals surface area contributed by atoms with E-state index < -0.39 is 5.60 Å². The molecule has 3 heteroatoms. The van der Waals surface area contributed by atoms with Gasteiger partial charge in [0.2, 0.25) is 0 Å². The van der Waals surface area contributed by atoms with Crippen LogP contribution in [0.2, 0.25) is 0 Å². The Bertz CT molecular complexity index is 570. The van der Waals surface area contributed by atoms with Crippen molar-refractivity contribution in [2.75, 3.05) is 12.4 Å². The first-order valence-corrected chi connectivity index (χ1v) is 8.88. The molecule has 0 aromatic heterocycles. The molecule has 1 fully saturated rings. The average molecular weight is 316 g/mol. The Morgan fingerprint density at radius 2 is 1.83 bits per heavy atom. The molecular formula is C20H32N2O. The fourth-order valence-corrected chi connectivity index (χ4v) is 4.64. The van der Waals surface area contributed by atoms with Gasteiger partial charge in [0.15, 0.2) is 0 Å². The lowest BCUT2D eigenvalue weighted by atomic mass is 9.72. The number of anilines is 1. The van der Waals surface area contributed by atoms with Crippen molar-refractivity contribution in [1.82, 2.24) is 4.90 Å². The zero-order valence-electron chi connectivity index (χ0n) is 15.4. The maximum atomic E-state index is 10.7. The second kappa shape index (κ2) is 5.49. The summed E-state index contributed by atoms with van der Waals surface area (Å²) in [5.41, 5.74) is 2.29.